The van der Waals surface area contributed by atoms with E-state index < -0.39 is 11.9 Å². The SMILES string of the molecule is O=C1CCC(N2Cc3ccc(-n4cc(-c5cc6ccccc6[nH]5)nn4)cc3C2=O)C(=O)N1. The summed E-state index contributed by atoms with van der Waals surface area (Å²) < 4.78 is 1.63. The largest absolute Gasteiger partial charge is 0.353 e. The zero-order valence-corrected chi connectivity index (χ0v) is 16.9. The van der Waals surface area contributed by atoms with E-state index in [1.165, 1.54) is 4.90 Å². The number of aromatic amines is 1. The molecular weight excluding hydrogens is 408 g/mol. The van der Waals surface area contributed by atoms with Crippen LogP contribution >= 0.6 is 0 Å². The quantitative estimate of drug-likeness (QED) is 0.488. The second-order valence-electron chi connectivity index (χ2n) is 8.06. The molecule has 2 aliphatic rings. The van der Waals surface area contributed by atoms with Gasteiger partial charge in [0.2, 0.25) is 11.8 Å². The smallest absolute Gasteiger partial charge is 0.255 e. The number of fused-ring (bicyclic) bond motifs is 2. The van der Waals surface area contributed by atoms with Gasteiger partial charge in [-0.2, -0.15) is 0 Å². The maximum atomic E-state index is 13.0. The van der Waals surface area contributed by atoms with Crippen molar-refractivity contribution in [2.24, 2.45) is 0 Å². The second kappa shape index (κ2) is 6.88. The highest BCUT2D eigenvalue weighted by atomic mass is 16.2. The first-order chi connectivity index (χ1) is 15.6. The van der Waals surface area contributed by atoms with Crippen LogP contribution in [0.3, 0.4) is 0 Å². The van der Waals surface area contributed by atoms with Crippen LogP contribution in [0.15, 0.2) is 54.7 Å². The number of imide groups is 1. The monoisotopic (exact) mass is 426 g/mol. The molecule has 2 aromatic heterocycles. The van der Waals surface area contributed by atoms with E-state index in [0.29, 0.717) is 29.9 Å². The van der Waals surface area contributed by atoms with Crippen LogP contribution < -0.4 is 5.32 Å². The zero-order valence-electron chi connectivity index (χ0n) is 16.9. The molecule has 0 saturated carbocycles. The number of hydrogen-bond acceptors (Lipinski definition) is 5. The lowest BCUT2D eigenvalue weighted by Crippen LogP contribution is -2.52. The Morgan fingerprint density at radius 2 is 1.91 bits per heavy atom. The summed E-state index contributed by atoms with van der Waals surface area (Å²) in [5, 5.41) is 11.9. The first-order valence-electron chi connectivity index (χ1n) is 10.4. The molecule has 158 valence electrons. The Kier molecular flexibility index (Phi) is 3.97. The molecule has 2 aliphatic heterocycles. The summed E-state index contributed by atoms with van der Waals surface area (Å²) in [4.78, 5) is 41.6. The Morgan fingerprint density at radius 1 is 1.03 bits per heavy atom. The number of aromatic nitrogens is 4. The van der Waals surface area contributed by atoms with Gasteiger partial charge in [0.1, 0.15) is 11.7 Å². The standard InChI is InChI=1S/C23H18N6O3/c30-21-8-7-20(22(31)25-21)28-11-14-5-6-15(10-16(14)23(28)32)29-12-19(26-27-29)18-9-13-3-1-2-4-17(13)24-18/h1-6,9-10,12,20,24H,7-8,11H2,(H,25,30,31). The average molecular weight is 426 g/mol. The molecule has 9 heteroatoms. The van der Waals surface area contributed by atoms with Crippen molar-refractivity contribution < 1.29 is 14.4 Å². The Labute approximate surface area is 182 Å². The van der Waals surface area contributed by atoms with Crippen LogP contribution in [-0.4, -0.2) is 48.6 Å². The molecule has 32 heavy (non-hydrogen) atoms. The van der Waals surface area contributed by atoms with Gasteiger partial charge in [-0.1, -0.05) is 29.5 Å². The third kappa shape index (κ3) is 2.89. The summed E-state index contributed by atoms with van der Waals surface area (Å²) in [7, 11) is 0. The molecule has 0 radical (unpaired) electrons. The van der Waals surface area contributed by atoms with E-state index in [1.807, 2.05) is 48.7 Å². The van der Waals surface area contributed by atoms with Crippen molar-refractivity contribution in [3.05, 3.63) is 65.9 Å². The highest BCUT2D eigenvalue weighted by Gasteiger charge is 2.39. The lowest BCUT2D eigenvalue weighted by Gasteiger charge is -2.29. The number of piperidine rings is 1. The highest BCUT2D eigenvalue weighted by Crippen LogP contribution is 2.29. The molecule has 0 bridgehead atoms. The second-order valence-corrected chi connectivity index (χ2v) is 8.06. The van der Waals surface area contributed by atoms with Crippen molar-refractivity contribution in [2.45, 2.75) is 25.4 Å². The number of amides is 3. The van der Waals surface area contributed by atoms with E-state index in [1.54, 1.807) is 10.7 Å². The third-order valence-corrected chi connectivity index (χ3v) is 6.08. The van der Waals surface area contributed by atoms with Gasteiger partial charge >= 0.3 is 0 Å². The number of carbonyl (C=O) groups excluding carboxylic acids is 3. The first kappa shape index (κ1) is 18.5. The molecule has 4 aromatic rings. The molecule has 0 aliphatic carbocycles. The minimum atomic E-state index is -0.629. The molecule has 0 spiro atoms. The molecule has 9 nitrogen and oxygen atoms in total. The molecule has 4 heterocycles. The van der Waals surface area contributed by atoms with Crippen LogP contribution in [-0.2, 0) is 16.1 Å². The molecule has 2 N–H and O–H groups in total. The fraction of sp³-hybridized carbons (Fsp3) is 0.174. The minimum Gasteiger partial charge on any atom is -0.353 e. The van der Waals surface area contributed by atoms with Gasteiger partial charge < -0.3 is 9.88 Å². The van der Waals surface area contributed by atoms with Crippen molar-refractivity contribution in [3.63, 3.8) is 0 Å². The maximum absolute atomic E-state index is 13.0. The van der Waals surface area contributed by atoms with Crippen LogP contribution in [0.25, 0.3) is 28.0 Å². The Balaban J connectivity index is 1.28. The maximum Gasteiger partial charge on any atom is 0.255 e. The fourth-order valence-electron chi connectivity index (χ4n) is 4.41. The number of para-hydroxylation sites is 1. The van der Waals surface area contributed by atoms with Gasteiger partial charge in [0.15, 0.2) is 0 Å². The molecular formula is C23H18N6O3. The van der Waals surface area contributed by atoms with E-state index in [-0.39, 0.29) is 18.2 Å². The van der Waals surface area contributed by atoms with Gasteiger partial charge in [-0.25, -0.2) is 4.68 Å². The molecule has 1 fully saturated rings. The van der Waals surface area contributed by atoms with Gasteiger partial charge in [0, 0.05) is 29.4 Å². The molecule has 1 atom stereocenters. The average Bonchev–Trinajstić information content (AvgIpc) is 3.51. The number of rotatable bonds is 3. The van der Waals surface area contributed by atoms with Crippen molar-refractivity contribution in [1.29, 1.82) is 0 Å². The Hall–Kier alpha value is -4.27. The van der Waals surface area contributed by atoms with Crippen LogP contribution in [0.4, 0.5) is 0 Å². The number of carbonyl (C=O) groups is 3. The van der Waals surface area contributed by atoms with Gasteiger partial charge in [-0.05, 0) is 36.2 Å². The summed E-state index contributed by atoms with van der Waals surface area (Å²) in [6.45, 7) is 0.346. The number of H-pyrrole nitrogens is 1. The fourth-order valence-corrected chi connectivity index (χ4v) is 4.41. The number of benzene rings is 2. The molecule has 1 saturated heterocycles. The summed E-state index contributed by atoms with van der Waals surface area (Å²) >= 11 is 0. The van der Waals surface area contributed by atoms with Crippen molar-refractivity contribution in [3.8, 4) is 17.1 Å². The van der Waals surface area contributed by atoms with E-state index in [4.69, 9.17) is 0 Å². The predicted octanol–water partition coefficient (Wildman–Crippen LogP) is 2.18. The number of nitrogens with zero attached hydrogens (tertiary/aromatic N) is 4. The van der Waals surface area contributed by atoms with E-state index in [2.05, 4.69) is 20.6 Å². The predicted molar refractivity (Wildman–Crippen MR) is 115 cm³/mol. The van der Waals surface area contributed by atoms with Crippen LogP contribution in [0.5, 0.6) is 0 Å². The van der Waals surface area contributed by atoms with Crippen LogP contribution in [0.1, 0.15) is 28.8 Å². The molecule has 3 amide bonds. The summed E-state index contributed by atoms with van der Waals surface area (Å²) in [5.41, 5.74) is 4.66. The molecule has 1 unspecified atom stereocenters. The van der Waals surface area contributed by atoms with Gasteiger partial charge in [0.25, 0.3) is 5.91 Å². The topological polar surface area (TPSA) is 113 Å². The van der Waals surface area contributed by atoms with E-state index in [0.717, 1.165) is 22.2 Å². The third-order valence-electron chi connectivity index (χ3n) is 6.08. The summed E-state index contributed by atoms with van der Waals surface area (Å²) in [6, 6.07) is 14.9. The minimum absolute atomic E-state index is 0.215. The zero-order chi connectivity index (χ0) is 21.8. The lowest BCUT2D eigenvalue weighted by atomic mass is 10.0. The van der Waals surface area contributed by atoms with Crippen molar-refractivity contribution >= 4 is 28.6 Å². The first-order valence-corrected chi connectivity index (χ1v) is 10.4. The highest BCUT2D eigenvalue weighted by molar-refractivity contribution is 6.05. The number of nitrogens with one attached hydrogen (secondary N) is 2. The van der Waals surface area contributed by atoms with E-state index >= 15 is 0 Å². The molecule has 2 aromatic carbocycles. The Morgan fingerprint density at radius 3 is 2.75 bits per heavy atom. The normalized spacial score (nSPS) is 18.3. The van der Waals surface area contributed by atoms with Crippen molar-refractivity contribution in [1.82, 2.24) is 30.2 Å². The van der Waals surface area contributed by atoms with Crippen LogP contribution in [0, 0.1) is 0 Å². The van der Waals surface area contributed by atoms with Gasteiger partial charge in [-0.15, -0.1) is 5.10 Å². The van der Waals surface area contributed by atoms with Gasteiger partial charge in [0.05, 0.1) is 17.6 Å². The molecule has 6 rings (SSSR count). The van der Waals surface area contributed by atoms with Gasteiger partial charge in [-0.3, -0.25) is 19.7 Å². The number of hydrogen-bond donors (Lipinski definition) is 2. The lowest BCUT2D eigenvalue weighted by molar-refractivity contribution is -0.136. The van der Waals surface area contributed by atoms with Crippen molar-refractivity contribution in [2.75, 3.05) is 0 Å². The Bertz CT molecular complexity index is 1390. The van der Waals surface area contributed by atoms with E-state index in [9.17, 15) is 14.4 Å². The summed E-state index contributed by atoms with van der Waals surface area (Å²) in [6.07, 6.45) is 2.38. The summed E-state index contributed by atoms with van der Waals surface area (Å²) in [5.74, 6) is -0.927. The van der Waals surface area contributed by atoms with Crippen LogP contribution in [0.2, 0.25) is 0 Å².